The molecule has 0 fully saturated rings. The molecule has 6 heteroatoms. The van der Waals surface area contributed by atoms with Crippen LogP contribution in [0.15, 0.2) is 12.1 Å². The van der Waals surface area contributed by atoms with E-state index in [0.717, 1.165) is 12.0 Å². The van der Waals surface area contributed by atoms with E-state index in [-0.39, 0.29) is 0 Å². The molecule has 1 heterocycles. The fraction of sp³-hybridized carbons (Fsp3) is 0.357. The Hall–Kier alpha value is -2.21. The molecule has 1 atom stereocenters. The Morgan fingerprint density at radius 2 is 1.65 bits per heavy atom. The monoisotopic (exact) mass is 277 g/mol. The zero-order chi connectivity index (χ0) is 15.0. The minimum atomic E-state index is -1.54. The molecule has 0 radical (unpaired) electrons. The number of hydrogen-bond donors (Lipinski definition) is 1. The Labute approximate surface area is 115 Å². The normalized spacial score (nSPS) is 15.3. The van der Waals surface area contributed by atoms with Crippen molar-refractivity contribution in [3.05, 3.63) is 34.4 Å². The molecule has 106 valence electrons. The van der Waals surface area contributed by atoms with Crippen LogP contribution in [-0.2, 0) is 9.53 Å². The number of ether oxygens (including phenoxy) is 1. The quantitative estimate of drug-likeness (QED) is 0.640. The first-order valence-electron chi connectivity index (χ1n) is 6.10. The van der Waals surface area contributed by atoms with Crippen LogP contribution in [0.25, 0.3) is 0 Å². The number of β-amino-alcohol motifs (C(OH)–C–C–N with tert-alkyl or cyclic N) is 1. The van der Waals surface area contributed by atoms with E-state index in [1.54, 1.807) is 26.0 Å². The van der Waals surface area contributed by atoms with Crippen LogP contribution in [0.5, 0.6) is 0 Å². The highest BCUT2D eigenvalue weighted by atomic mass is 16.5. The number of hydrogen-bond acceptors (Lipinski definition) is 5. The number of aryl methyl sites for hydroxylation is 2. The molecule has 2 rings (SSSR count). The molecule has 6 nitrogen and oxygen atoms in total. The Bertz CT molecular complexity index is 567. The van der Waals surface area contributed by atoms with Gasteiger partial charge in [-0.25, -0.2) is 4.79 Å². The number of fused-ring (bicyclic) bond motifs is 1. The fourth-order valence-corrected chi connectivity index (χ4v) is 2.27. The number of aliphatic hydroxyl groups excluding tert-OH is 1. The number of rotatable bonds is 3. The molecule has 20 heavy (non-hydrogen) atoms. The molecule has 2 amide bonds. The molecule has 1 N–H and O–H groups in total. The lowest BCUT2D eigenvalue weighted by Crippen LogP contribution is -2.40. The first-order chi connectivity index (χ1) is 9.38. The summed E-state index contributed by atoms with van der Waals surface area (Å²) in [5.41, 5.74) is 2.07. The molecule has 0 saturated heterocycles. The van der Waals surface area contributed by atoms with E-state index in [9.17, 15) is 19.5 Å². The van der Waals surface area contributed by atoms with Gasteiger partial charge in [0.05, 0.1) is 24.8 Å². The van der Waals surface area contributed by atoms with Crippen LogP contribution in [0, 0.1) is 13.8 Å². The molecular formula is C14H15NO5. The van der Waals surface area contributed by atoms with Gasteiger partial charge in [-0.05, 0) is 25.0 Å². The summed E-state index contributed by atoms with van der Waals surface area (Å²) < 4.78 is 4.38. The summed E-state index contributed by atoms with van der Waals surface area (Å²) in [5.74, 6) is -1.86. The number of carbonyl (C=O) groups is 3. The zero-order valence-corrected chi connectivity index (χ0v) is 11.5. The molecule has 1 aliphatic heterocycles. The Morgan fingerprint density at radius 3 is 2.05 bits per heavy atom. The minimum absolute atomic E-state index is 0.340. The smallest absolute Gasteiger partial charge is 0.336 e. The van der Waals surface area contributed by atoms with Crippen molar-refractivity contribution < 1.29 is 24.2 Å². The summed E-state index contributed by atoms with van der Waals surface area (Å²) in [7, 11) is 1.13. The highest BCUT2D eigenvalue weighted by Gasteiger charge is 2.39. The number of carbonyl (C=O) groups excluding carboxylic acids is 3. The number of imide groups is 1. The summed E-state index contributed by atoms with van der Waals surface area (Å²) in [6, 6.07) is 3.53. The second-order valence-corrected chi connectivity index (χ2v) is 4.71. The number of esters is 1. The number of aliphatic hydroxyl groups is 1. The van der Waals surface area contributed by atoms with Crippen molar-refractivity contribution in [2.24, 2.45) is 0 Å². The van der Waals surface area contributed by atoms with Gasteiger partial charge in [-0.15, -0.1) is 0 Å². The van der Waals surface area contributed by atoms with E-state index >= 15 is 0 Å². The van der Waals surface area contributed by atoms with Gasteiger partial charge >= 0.3 is 5.97 Å². The van der Waals surface area contributed by atoms with Crippen LogP contribution in [0.4, 0.5) is 0 Å². The van der Waals surface area contributed by atoms with Crippen LogP contribution in [0.1, 0.15) is 31.8 Å². The number of methoxy groups -OCH3 is 1. The van der Waals surface area contributed by atoms with E-state index < -0.39 is 30.4 Å². The molecule has 0 bridgehead atoms. The van der Waals surface area contributed by atoms with E-state index in [4.69, 9.17) is 0 Å². The van der Waals surface area contributed by atoms with Gasteiger partial charge < -0.3 is 9.84 Å². The minimum Gasteiger partial charge on any atom is -0.467 e. The van der Waals surface area contributed by atoms with E-state index in [1.807, 2.05) is 0 Å². The summed E-state index contributed by atoms with van der Waals surface area (Å²) in [6.45, 7) is 3.07. The van der Waals surface area contributed by atoms with Crippen molar-refractivity contribution in [2.45, 2.75) is 20.0 Å². The maximum Gasteiger partial charge on any atom is 0.336 e. The molecule has 1 aliphatic rings. The molecule has 0 aromatic heterocycles. The van der Waals surface area contributed by atoms with Crippen molar-refractivity contribution in [1.82, 2.24) is 4.90 Å². The van der Waals surface area contributed by atoms with E-state index in [0.29, 0.717) is 22.3 Å². The number of amides is 2. The van der Waals surface area contributed by atoms with Gasteiger partial charge in [0.2, 0.25) is 0 Å². The Kier molecular flexibility index (Phi) is 3.59. The predicted octanol–water partition coefficient (Wildman–Crippen LogP) is 0.433. The first kappa shape index (κ1) is 14.2. The largest absolute Gasteiger partial charge is 0.467 e. The molecule has 0 saturated carbocycles. The maximum absolute atomic E-state index is 12.3. The van der Waals surface area contributed by atoms with Gasteiger partial charge in [0, 0.05) is 0 Å². The first-order valence-corrected chi connectivity index (χ1v) is 6.10. The molecular weight excluding hydrogens is 262 g/mol. The summed E-state index contributed by atoms with van der Waals surface area (Å²) in [5, 5.41) is 9.61. The van der Waals surface area contributed by atoms with Crippen LogP contribution in [0.3, 0.4) is 0 Å². The van der Waals surface area contributed by atoms with Gasteiger partial charge in [0.1, 0.15) is 0 Å². The predicted molar refractivity (Wildman–Crippen MR) is 69.3 cm³/mol. The number of benzene rings is 1. The standard InChI is InChI=1S/C14H15NO5/c1-7-4-5-8(2)11-10(7)12(17)15(13(11)18)6-9(16)14(19)20-3/h4-5,9,16H,6H2,1-3H3. The Balaban J connectivity index is 2.36. The van der Waals surface area contributed by atoms with Gasteiger partial charge in [0.25, 0.3) is 11.8 Å². The highest BCUT2D eigenvalue weighted by Crippen LogP contribution is 2.28. The van der Waals surface area contributed by atoms with Crippen LogP contribution < -0.4 is 0 Å². The lowest BCUT2D eigenvalue weighted by atomic mass is 9.99. The maximum atomic E-state index is 12.3. The van der Waals surface area contributed by atoms with Gasteiger partial charge in [-0.1, -0.05) is 12.1 Å². The highest BCUT2D eigenvalue weighted by molar-refractivity contribution is 6.22. The third-order valence-electron chi connectivity index (χ3n) is 3.37. The average molecular weight is 277 g/mol. The summed E-state index contributed by atoms with van der Waals surface area (Å²) in [6.07, 6.45) is -1.54. The second-order valence-electron chi connectivity index (χ2n) is 4.71. The van der Waals surface area contributed by atoms with Crippen molar-refractivity contribution in [2.75, 3.05) is 13.7 Å². The Morgan fingerprint density at radius 1 is 1.20 bits per heavy atom. The lowest BCUT2D eigenvalue weighted by Gasteiger charge is -2.16. The van der Waals surface area contributed by atoms with Crippen molar-refractivity contribution in [3.63, 3.8) is 0 Å². The van der Waals surface area contributed by atoms with Crippen molar-refractivity contribution >= 4 is 17.8 Å². The van der Waals surface area contributed by atoms with E-state index in [2.05, 4.69) is 4.74 Å². The summed E-state index contributed by atoms with van der Waals surface area (Å²) >= 11 is 0. The fourth-order valence-electron chi connectivity index (χ4n) is 2.27. The van der Waals surface area contributed by atoms with Crippen LogP contribution >= 0.6 is 0 Å². The van der Waals surface area contributed by atoms with Crippen LogP contribution in [0.2, 0.25) is 0 Å². The van der Waals surface area contributed by atoms with Gasteiger partial charge in [-0.2, -0.15) is 0 Å². The average Bonchev–Trinajstić information content (AvgIpc) is 2.67. The SMILES string of the molecule is COC(=O)C(O)CN1C(=O)c2c(C)ccc(C)c2C1=O. The van der Waals surface area contributed by atoms with Gasteiger partial charge in [-0.3, -0.25) is 14.5 Å². The molecule has 1 aromatic rings. The zero-order valence-electron chi connectivity index (χ0n) is 11.5. The molecule has 0 aliphatic carbocycles. The molecule has 0 spiro atoms. The summed E-state index contributed by atoms with van der Waals surface area (Å²) in [4.78, 5) is 36.6. The third kappa shape index (κ3) is 2.08. The third-order valence-corrected chi connectivity index (χ3v) is 3.37. The number of nitrogens with zero attached hydrogens (tertiary/aromatic N) is 1. The molecule has 1 unspecified atom stereocenters. The van der Waals surface area contributed by atoms with Crippen LogP contribution in [-0.4, -0.2) is 47.5 Å². The van der Waals surface area contributed by atoms with Crippen molar-refractivity contribution in [1.29, 1.82) is 0 Å². The molecule has 1 aromatic carbocycles. The van der Waals surface area contributed by atoms with E-state index in [1.165, 1.54) is 0 Å². The topological polar surface area (TPSA) is 83.9 Å². The van der Waals surface area contributed by atoms with Gasteiger partial charge in [0.15, 0.2) is 6.10 Å². The lowest BCUT2D eigenvalue weighted by molar-refractivity contribution is -0.150. The second kappa shape index (κ2) is 5.05. The van der Waals surface area contributed by atoms with Crippen molar-refractivity contribution in [3.8, 4) is 0 Å².